The fourth-order valence-corrected chi connectivity index (χ4v) is 10.2. The molecule has 3 aliphatic heterocycles. The SMILES string of the molecule is CCCCC/C=C\C=C/CCCCCCCCC(=O)NC(COC1OC(CO)C(OC2OC(CO)C(O)C(OC3(C(=O)O)CC(O)C(NC(C)=O)C(C(O)C(O)CO)O3)C2O)C(O)C1O)C(O)/C=C/CCCCCCCCCCCC. The first-order valence-electron chi connectivity index (χ1n) is 29.9. The Kier molecular flexibility index (Phi) is 35.9. The largest absolute Gasteiger partial charge is 0.477 e. The normalized spacial score (nSPS) is 30.7. The second kappa shape index (κ2) is 40.3. The van der Waals surface area contributed by atoms with E-state index in [0.717, 1.165) is 71.1 Å². The van der Waals surface area contributed by atoms with Crippen LogP contribution < -0.4 is 10.6 Å². The van der Waals surface area contributed by atoms with Crippen molar-refractivity contribution in [3.05, 3.63) is 36.5 Å². The van der Waals surface area contributed by atoms with Crippen LogP contribution in [0.15, 0.2) is 36.5 Å². The van der Waals surface area contributed by atoms with Gasteiger partial charge in [-0.15, -0.1) is 0 Å². The van der Waals surface area contributed by atoms with Gasteiger partial charge in [0.15, 0.2) is 12.6 Å². The van der Waals surface area contributed by atoms with Crippen molar-refractivity contribution in [2.45, 2.75) is 285 Å². The standard InChI is InChI=1S/C58H102N2O21/c1-4-6-8-10-12-14-16-18-19-20-22-24-26-28-30-32-45(68)60-39(40(65)31-29-27-25-23-21-17-15-13-11-9-7-5-2)37-76-55-50(72)49(71)52(44(36-63)78-55)79-56-51(73)54(48(70)43(35-62)77-56)81-58(57(74)75)33-41(66)46(59-38(3)64)53(80-58)47(69)42(67)34-61/h12,14,16,18,29,31,39-44,46-56,61-63,65-67,69-73H,4-11,13,15,17,19-28,30,32-37H2,1-3H3,(H,59,64)(H,60,68)(H,74,75)/b14-12-,18-16-,31-29+. The highest BCUT2D eigenvalue weighted by molar-refractivity contribution is 5.77. The zero-order valence-electron chi connectivity index (χ0n) is 48.1. The molecule has 0 saturated carbocycles. The maximum Gasteiger partial charge on any atom is 0.364 e. The molecule has 0 aromatic heterocycles. The number of hydrogen-bond acceptors (Lipinski definition) is 20. The molecular formula is C58H102N2O21. The Balaban J connectivity index is 1.69. The molecule has 0 radical (unpaired) electrons. The molecule has 23 nitrogen and oxygen atoms in total. The Morgan fingerprint density at radius 3 is 1.74 bits per heavy atom. The van der Waals surface area contributed by atoms with Crippen LogP contribution in [-0.2, 0) is 42.8 Å². The second-order valence-electron chi connectivity index (χ2n) is 21.9. The van der Waals surface area contributed by atoms with Crippen LogP contribution in [0.1, 0.15) is 175 Å². The summed E-state index contributed by atoms with van der Waals surface area (Å²) in [4.78, 5) is 38.3. The van der Waals surface area contributed by atoms with Gasteiger partial charge in [-0.05, 0) is 44.9 Å². The lowest BCUT2D eigenvalue weighted by molar-refractivity contribution is -0.386. The summed E-state index contributed by atoms with van der Waals surface area (Å²) in [5.74, 6) is -6.16. The quantitative estimate of drug-likeness (QED) is 0.0237. The molecule has 3 rings (SSSR count). The molecule has 18 unspecified atom stereocenters. The van der Waals surface area contributed by atoms with Crippen LogP contribution in [0.25, 0.3) is 0 Å². The van der Waals surface area contributed by atoms with Crippen molar-refractivity contribution in [1.82, 2.24) is 10.6 Å². The number of aliphatic carboxylic acids is 1. The molecule has 470 valence electrons. The van der Waals surface area contributed by atoms with Crippen LogP contribution in [-0.4, -0.2) is 215 Å². The third-order valence-corrected chi connectivity index (χ3v) is 15.1. The summed E-state index contributed by atoms with van der Waals surface area (Å²) in [7, 11) is 0. The van der Waals surface area contributed by atoms with Crippen LogP contribution >= 0.6 is 0 Å². The third-order valence-electron chi connectivity index (χ3n) is 15.1. The number of carboxylic acids is 1. The van der Waals surface area contributed by atoms with Gasteiger partial charge in [-0.2, -0.15) is 0 Å². The van der Waals surface area contributed by atoms with E-state index in [1.54, 1.807) is 6.08 Å². The number of carbonyl (C=O) groups is 3. The van der Waals surface area contributed by atoms with Gasteiger partial charge in [0, 0.05) is 19.8 Å². The molecule has 0 aromatic rings. The summed E-state index contributed by atoms with van der Waals surface area (Å²) in [5.41, 5.74) is 0. The monoisotopic (exact) mass is 1160 g/mol. The van der Waals surface area contributed by atoms with Crippen LogP contribution in [0.3, 0.4) is 0 Å². The molecule has 0 spiro atoms. The highest BCUT2D eigenvalue weighted by Crippen LogP contribution is 2.38. The van der Waals surface area contributed by atoms with Crippen molar-refractivity contribution in [2.75, 3.05) is 26.4 Å². The van der Waals surface area contributed by atoms with E-state index in [0.29, 0.717) is 12.8 Å². The fraction of sp³-hybridized carbons (Fsp3) is 0.845. The van der Waals surface area contributed by atoms with E-state index in [-0.39, 0.29) is 12.3 Å². The van der Waals surface area contributed by atoms with Gasteiger partial charge in [0.2, 0.25) is 11.8 Å². The van der Waals surface area contributed by atoms with E-state index in [1.165, 1.54) is 64.2 Å². The number of aliphatic hydroxyl groups excluding tert-OH is 11. The molecule has 0 aromatic carbocycles. The molecule has 0 aliphatic carbocycles. The Bertz CT molecular complexity index is 1810. The van der Waals surface area contributed by atoms with Crippen molar-refractivity contribution in [1.29, 1.82) is 0 Å². The molecule has 3 saturated heterocycles. The number of unbranched alkanes of at least 4 members (excludes halogenated alkanes) is 19. The minimum atomic E-state index is -3.08. The molecule has 0 bridgehead atoms. The summed E-state index contributed by atoms with van der Waals surface area (Å²) in [5, 5.41) is 135. The predicted octanol–water partition coefficient (Wildman–Crippen LogP) is 2.33. The van der Waals surface area contributed by atoms with Crippen molar-refractivity contribution < 1.29 is 104 Å². The lowest BCUT2D eigenvalue weighted by atomic mass is 9.88. The van der Waals surface area contributed by atoms with Gasteiger partial charge < -0.3 is 100 Å². The Labute approximate surface area is 478 Å². The number of carboxylic acid groups (broad SMARTS) is 1. The van der Waals surface area contributed by atoms with Crippen molar-refractivity contribution >= 4 is 17.8 Å². The maximum atomic E-state index is 13.3. The summed E-state index contributed by atoms with van der Waals surface area (Å²) >= 11 is 0. The van der Waals surface area contributed by atoms with E-state index in [9.17, 15) is 75.7 Å². The summed E-state index contributed by atoms with van der Waals surface area (Å²) < 4.78 is 34.6. The van der Waals surface area contributed by atoms with E-state index in [1.807, 2.05) is 6.08 Å². The molecule has 81 heavy (non-hydrogen) atoms. The lowest BCUT2D eigenvalue weighted by Gasteiger charge is -2.50. The summed E-state index contributed by atoms with van der Waals surface area (Å²) in [6, 6.07) is -2.62. The van der Waals surface area contributed by atoms with Gasteiger partial charge in [0.25, 0.3) is 5.79 Å². The minimum absolute atomic E-state index is 0.185. The number of ether oxygens (including phenoxy) is 6. The number of allylic oxidation sites excluding steroid dienone is 5. The lowest BCUT2D eigenvalue weighted by Crippen LogP contribution is -2.70. The van der Waals surface area contributed by atoms with Crippen LogP contribution in [0.2, 0.25) is 0 Å². The third kappa shape index (κ3) is 24.8. The van der Waals surface area contributed by atoms with Crippen LogP contribution in [0.5, 0.6) is 0 Å². The molecule has 3 aliphatic rings. The van der Waals surface area contributed by atoms with Crippen molar-refractivity contribution in [2.24, 2.45) is 0 Å². The molecule has 18 atom stereocenters. The second-order valence-corrected chi connectivity index (χ2v) is 21.9. The molecular weight excluding hydrogens is 1060 g/mol. The first kappa shape index (κ1) is 72.2. The number of nitrogens with one attached hydrogen (secondary N) is 2. The number of aliphatic hydroxyl groups is 11. The van der Waals surface area contributed by atoms with Gasteiger partial charge >= 0.3 is 5.97 Å². The van der Waals surface area contributed by atoms with E-state index < -0.39 is 155 Å². The van der Waals surface area contributed by atoms with E-state index in [4.69, 9.17) is 28.4 Å². The molecule has 23 heteroatoms. The van der Waals surface area contributed by atoms with E-state index in [2.05, 4.69) is 48.8 Å². The Hall–Kier alpha value is -3.05. The minimum Gasteiger partial charge on any atom is -0.477 e. The van der Waals surface area contributed by atoms with Crippen LogP contribution in [0.4, 0.5) is 0 Å². The van der Waals surface area contributed by atoms with Crippen LogP contribution in [0, 0.1) is 0 Å². The van der Waals surface area contributed by atoms with Crippen molar-refractivity contribution in [3.8, 4) is 0 Å². The molecule has 3 fully saturated rings. The van der Waals surface area contributed by atoms with Gasteiger partial charge in [-0.1, -0.05) is 147 Å². The van der Waals surface area contributed by atoms with Gasteiger partial charge in [0.1, 0.15) is 67.1 Å². The summed E-state index contributed by atoms with van der Waals surface area (Å²) in [6.45, 7) is 2.03. The average Bonchev–Trinajstić information content (AvgIpc) is 3.63. The Morgan fingerprint density at radius 2 is 1.19 bits per heavy atom. The highest BCUT2D eigenvalue weighted by atomic mass is 16.8. The Morgan fingerprint density at radius 1 is 0.654 bits per heavy atom. The fourth-order valence-electron chi connectivity index (χ4n) is 10.2. The molecule has 3 heterocycles. The zero-order chi connectivity index (χ0) is 59.7. The zero-order valence-corrected chi connectivity index (χ0v) is 48.1. The smallest absolute Gasteiger partial charge is 0.364 e. The number of amides is 2. The maximum absolute atomic E-state index is 13.3. The molecule has 14 N–H and O–H groups in total. The van der Waals surface area contributed by atoms with Gasteiger partial charge in [-0.25, -0.2) is 4.79 Å². The first-order chi connectivity index (χ1) is 38.9. The summed E-state index contributed by atoms with van der Waals surface area (Å²) in [6.07, 6.45) is 6.46. The topological polar surface area (TPSA) is 373 Å². The number of carbonyl (C=O) groups excluding carboxylic acids is 2. The van der Waals surface area contributed by atoms with E-state index >= 15 is 0 Å². The average molecular weight is 1160 g/mol. The highest BCUT2D eigenvalue weighted by Gasteiger charge is 2.60. The number of hydrogen-bond donors (Lipinski definition) is 14. The predicted molar refractivity (Wildman–Crippen MR) is 297 cm³/mol. The van der Waals surface area contributed by atoms with Gasteiger partial charge in [0.05, 0.1) is 50.7 Å². The first-order valence-corrected chi connectivity index (χ1v) is 29.9. The number of rotatable bonds is 42. The molecule has 2 amide bonds. The van der Waals surface area contributed by atoms with Gasteiger partial charge in [-0.3, -0.25) is 9.59 Å². The van der Waals surface area contributed by atoms with Crippen molar-refractivity contribution in [3.63, 3.8) is 0 Å².